The first-order chi connectivity index (χ1) is 6.52. The molecule has 0 amide bonds. The van der Waals surface area contributed by atoms with Crippen molar-refractivity contribution >= 4 is 5.84 Å². The van der Waals surface area contributed by atoms with E-state index in [9.17, 15) is 0 Å². The van der Waals surface area contributed by atoms with Crippen LogP contribution in [0.2, 0.25) is 0 Å². The van der Waals surface area contributed by atoms with Gasteiger partial charge in [-0.05, 0) is 33.4 Å². The van der Waals surface area contributed by atoms with Crippen LogP contribution in [0.5, 0.6) is 0 Å². The van der Waals surface area contributed by atoms with Gasteiger partial charge >= 0.3 is 0 Å². The van der Waals surface area contributed by atoms with E-state index in [-0.39, 0.29) is 0 Å². The smallest absolute Gasteiger partial charge is 0.0952 e. The molecule has 0 saturated heterocycles. The molecule has 1 N–H and O–H groups in total. The van der Waals surface area contributed by atoms with Crippen molar-refractivity contribution in [3.8, 4) is 0 Å². The van der Waals surface area contributed by atoms with E-state index >= 15 is 0 Å². The summed E-state index contributed by atoms with van der Waals surface area (Å²) < 4.78 is 0. The molecule has 82 valence electrons. The van der Waals surface area contributed by atoms with Crippen LogP contribution in [-0.2, 0) is 0 Å². The average molecular weight is 197 g/mol. The summed E-state index contributed by atoms with van der Waals surface area (Å²) in [6.45, 7) is 3.05. The zero-order chi connectivity index (χ0) is 10.8. The van der Waals surface area contributed by atoms with E-state index in [1.165, 1.54) is 19.3 Å². The van der Waals surface area contributed by atoms with Gasteiger partial charge in [0.05, 0.1) is 5.84 Å². The molecule has 14 heavy (non-hydrogen) atoms. The first kappa shape index (κ1) is 11.5. The SMILES string of the molecule is CCC(=N)N(C)CC1(N(C)C)CCC1. The molecule has 1 aliphatic rings. The van der Waals surface area contributed by atoms with E-state index in [2.05, 4.69) is 23.9 Å². The summed E-state index contributed by atoms with van der Waals surface area (Å²) in [6.07, 6.45) is 4.73. The minimum absolute atomic E-state index is 0.343. The molecule has 0 aromatic heterocycles. The predicted molar refractivity (Wildman–Crippen MR) is 60.9 cm³/mol. The Kier molecular flexibility index (Phi) is 3.53. The lowest BCUT2D eigenvalue weighted by Gasteiger charge is -2.49. The second kappa shape index (κ2) is 4.30. The first-order valence-corrected chi connectivity index (χ1v) is 5.48. The third-order valence-electron chi connectivity index (χ3n) is 3.56. The molecule has 1 saturated carbocycles. The Balaban J connectivity index is 2.52. The zero-order valence-corrected chi connectivity index (χ0v) is 9.93. The maximum Gasteiger partial charge on any atom is 0.0952 e. The highest BCUT2D eigenvalue weighted by atomic mass is 15.2. The van der Waals surface area contributed by atoms with E-state index in [1.54, 1.807) is 0 Å². The second-order valence-electron chi connectivity index (χ2n) is 4.63. The molecule has 3 heteroatoms. The highest BCUT2D eigenvalue weighted by molar-refractivity contribution is 5.78. The standard InChI is InChI=1S/C11H23N3/c1-5-10(12)14(4)9-11(13(2)3)7-6-8-11/h12H,5-9H2,1-4H3. The summed E-state index contributed by atoms with van der Waals surface area (Å²) in [4.78, 5) is 4.43. The Morgan fingerprint density at radius 1 is 1.29 bits per heavy atom. The molecule has 0 unspecified atom stereocenters. The molecule has 0 aromatic rings. The third kappa shape index (κ3) is 2.08. The van der Waals surface area contributed by atoms with Crippen molar-refractivity contribution in [2.45, 2.75) is 38.1 Å². The molecule has 1 rings (SSSR count). The van der Waals surface area contributed by atoms with Crippen LogP contribution < -0.4 is 0 Å². The molecule has 0 spiro atoms. The summed E-state index contributed by atoms with van der Waals surface area (Å²) >= 11 is 0. The fraction of sp³-hybridized carbons (Fsp3) is 0.909. The van der Waals surface area contributed by atoms with Crippen molar-refractivity contribution in [1.82, 2.24) is 9.80 Å². The summed E-state index contributed by atoms with van der Waals surface area (Å²) in [5, 5.41) is 7.77. The van der Waals surface area contributed by atoms with E-state index < -0.39 is 0 Å². The van der Waals surface area contributed by atoms with Gasteiger partial charge < -0.3 is 9.80 Å². The van der Waals surface area contributed by atoms with Gasteiger partial charge in [-0.15, -0.1) is 0 Å². The Hall–Kier alpha value is -0.570. The third-order valence-corrected chi connectivity index (χ3v) is 3.56. The average Bonchev–Trinajstić information content (AvgIpc) is 2.08. The fourth-order valence-corrected chi connectivity index (χ4v) is 2.14. The van der Waals surface area contributed by atoms with Gasteiger partial charge in [0.15, 0.2) is 0 Å². The summed E-state index contributed by atoms with van der Waals surface area (Å²) in [6, 6.07) is 0. The first-order valence-electron chi connectivity index (χ1n) is 5.48. The molecular formula is C11H23N3. The normalized spacial score (nSPS) is 19.2. The minimum Gasteiger partial charge on any atom is -0.362 e. The number of nitrogens with one attached hydrogen (secondary N) is 1. The monoisotopic (exact) mass is 197 g/mol. The van der Waals surface area contributed by atoms with Crippen LogP contribution in [0.15, 0.2) is 0 Å². The van der Waals surface area contributed by atoms with Crippen LogP contribution in [0.4, 0.5) is 0 Å². The van der Waals surface area contributed by atoms with Gasteiger partial charge in [0.2, 0.25) is 0 Å². The Morgan fingerprint density at radius 2 is 1.86 bits per heavy atom. The summed E-state index contributed by atoms with van der Waals surface area (Å²) in [7, 11) is 6.35. The molecule has 0 aromatic carbocycles. The largest absolute Gasteiger partial charge is 0.362 e. The van der Waals surface area contributed by atoms with Gasteiger partial charge in [-0.25, -0.2) is 0 Å². The van der Waals surface area contributed by atoms with Crippen LogP contribution in [0.3, 0.4) is 0 Å². The molecule has 0 radical (unpaired) electrons. The van der Waals surface area contributed by atoms with Gasteiger partial charge in [0.25, 0.3) is 0 Å². The topological polar surface area (TPSA) is 30.3 Å². The number of amidine groups is 1. The van der Waals surface area contributed by atoms with Crippen molar-refractivity contribution < 1.29 is 0 Å². The molecule has 0 atom stereocenters. The van der Waals surface area contributed by atoms with E-state index in [0.29, 0.717) is 5.54 Å². The van der Waals surface area contributed by atoms with Crippen molar-refractivity contribution in [2.24, 2.45) is 0 Å². The van der Waals surface area contributed by atoms with Gasteiger partial charge in [-0.2, -0.15) is 0 Å². The number of likely N-dealkylation sites (N-methyl/N-ethyl adjacent to an activating group) is 2. The maximum absolute atomic E-state index is 7.77. The number of hydrogen-bond acceptors (Lipinski definition) is 2. The van der Waals surface area contributed by atoms with Crippen molar-refractivity contribution in [3.63, 3.8) is 0 Å². The van der Waals surface area contributed by atoms with Crippen LogP contribution in [0, 0.1) is 5.41 Å². The van der Waals surface area contributed by atoms with Gasteiger partial charge in [0.1, 0.15) is 0 Å². The Morgan fingerprint density at radius 3 is 2.14 bits per heavy atom. The highest BCUT2D eigenvalue weighted by Gasteiger charge is 2.40. The highest BCUT2D eigenvalue weighted by Crippen LogP contribution is 2.36. The number of rotatable bonds is 4. The predicted octanol–water partition coefficient (Wildman–Crippen LogP) is 1.79. The number of hydrogen-bond donors (Lipinski definition) is 1. The van der Waals surface area contributed by atoms with Gasteiger partial charge in [-0.1, -0.05) is 6.92 Å². The minimum atomic E-state index is 0.343. The summed E-state index contributed by atoms with van der Waals surface area (Å²) in [5.41, 5.74) is 0.343. The Bertz CT molecular complexity index is 207. The molecular weight excluding hydrogens is 174 g/mol. The van der Waals surface area contributed by atoms with E-state index in [1.807, 2.05) is 14.0 Å². The van der Waals surface area contributed by atoms with Crippen LogP contribution in [-0.4, -0.2) is 48.9 Å². The van der Waals surface area contributed by atoms with Gasteiger partial charge in [-0.3, -0.25) is 5.41 Å². The molecule has 0 bridgehead atoms. The zero-order valence-electron chi connectivity index (χ0n) is 9.93. The van der Waals surface area contributed by atoms with Crippen molar-refractivity contribution in [2.75, 3.05) is 27.7 Å². The lowest BCUT2D eigenvalue weighted by molar-refractivity contribution is 0.0425. The number of nitrogens with zero attached hydrogens (tertiary/aromatic N) is 2. The lowest BCUT2D eigenvalue weighted by Crippen LogP contribution is -2.57. The van der Waals surface area contributed by atoms with Crippen LogP contribution in [0.1, 0.15) is 32.6 Å². The molecule has 1 aliphatic carbocycles. The van der Waals surface area contributed by atoms with E-state index in [0.717, 1.165) is 18.8 Å². The molecule has 0 heterocycles. The Labute approximate surface area is 87.6 Å². The van der Waals surface area contributed by atoms with Crippen molar-refractivity contribution in [3.05, 3.63) is 0 Å². The quantitative estimate of drug-likeness (QED) is 0.550. The molecule has 3 nitrogen and oxygen atoms in total. The summed E-state index contributed by atoms with van der Waals surface area (Å²) in [5.74, 6) is 0.748. The van der Waals surface area contributed by atoms with Crippen LogP contribution in [0.25, 0.3) is 0 Å². The molecule has 0 aliphatic heterocycles. The lowest BCUT2D eigenvalue weighted by atomic mass is 9.75. The van der Waals surface area contributed by atoms with Gasteiger partial charge in [0, 0.05) is 25.6 Å². The van der Waals surface area contributed by atoms with E-state index in [4.69, 9.17) is 5.41 Å². The van der Waals surface area contributed by atoms with Crippen LogP contribution >= 0.6 is 0 Å². The van der Waals surface area contributed by atoms with Crippen molar-refractivity contribution in [1.29, 1.82) is 5.41 Å². The molecule has 1 fully saturated rings. The second-order valence-corrected chi connectivity index (χ2v) is 4.63. The maximum atomic E-state index is 7.77. The fourth-order valence-electron chi connectivity index (χ4n) is 2.14.